The molecule has 0 saturated carbocycles. The van der Waals surface area contributed by atoms with Crippen molar-refractivity contribution in [3.8, 4) is 16.8 Å². The number of hydrogen-bond acceptors (Lipinski definition) is 4. The molecule has 0 N–H and O–H groups in total. The second-order valence-electron chi connectivity index (χ2n) is 22.1. The first-order valence-electron chi connectivity index (χ1n) is 25.3. The molecule has 0 spiro atoms. The number of furan rings is 2. The fraction of sp³-hybridized carbons (Fsp3) is 0.121. The molecule has 13 aromatic rings. The van der Waals surface area contributed by atoms with Gasteiger partial charge in [-0.1, -0.05) is 169 Å². The lowest BCUT2D eigenvalue weighted by molar-refractivity contribution is 0.590. The molecule has 5 heterocycles. The number of fused-ring (bicyclic) bond motifs is 16. The molecule has 15 rings (SSSR count). The van der Waals surface area contributed by atoms with Gasteiger partial charge in [-0.25, -0.2) is 0 Å². The topological polar surface area (TPSA) is 37.7 Å². The lowest BCUT2D eigenvalue weighted by atomic mass is 9.43. The van der Waals surface area contributed by atoms with Crippen LogP contribution >= 0.6 is 0 Å². The zero-order valence-corrected chi connectivity index (χ0v) is 41.2. The van der Waals surface area contributed by atoms with E-state index in [0.717, 1.165) is 83.4 Å². The monoisotopic (exact) mass is 927 g/mol. The van der Waals surface area contributed by atoms with Gasteiger partial charge in [0.05, 0.1) is 27.8 Å². The third kappa shape index (κ3) is 5.72. The summed E-state index contributed by atoms with van der Waals surface area (Å²) in [6, 6.07) is 71.9. The van der Waals surface area contributed by atoms with Crippen LogP contribution in [0.1, 0.15) is 52.7 Å². The smallest absolute Gasteiger partial charge is 0.333 e. The van der Waals surface area contributed by atoms with Gasteiger partial charge in [0.2, 0.25) is 0 Å². The lowest BCUT2D eigenvalue weighted by Crippen LogP contribution is -2.60. The highest BCUT2D eigenvalue weighted by molar-refractivity contribution is 6.94. The van der Waals surface area contributed by atoms with Gasteiger partial charge in [0, 0.05) is 55.2 Å². The summed E-state index contributed by atoms with van der Waals surface area (Å²) >= 11 is 0. The minimum Gasteiger partial charge on any atom is -0.456 e. The van der Waals surface area contributed by atoms with E-state index < -0.39 is 0 Å². The van der Waals surface area contributed by atoms with E-state index in [4.69, 9.17) is 8.83 Å². The summed E-state index contributed by atoms with van der Waals surface area (Å²) in [4.78, 5) is 5.04. The van der Waals surface area contributed by atoms with Gasteiger partial charge in [-0.3, -0.25) is 0 Å². The van der Waals surface area contributed by atoms with Gasteiger partial charge in [0.25, 0.3) is 0 Å². The Morgan fingerprint density at radius 1 is 0.444 bits per heavy atom. The summed E-state index contributed by atoms with van der Waals surface area (Å²) < 4.78 is 16.6. The van der Waals surface area contributed by atoms with Crippen molar-refractivity contribution in [1.29, 1.82) is 0 Å². The average Bonchev–Trinajstić information content (AvgIpc) is 4.08. The molecular formula is C66H50BN3O2. The third-order valence-corrected chi connectivity index (χ3v) is 15.9. The molecule has 0 fully saturated rings. The van der Waals surface area contributed by atoms with Crippen LogP contribution in [0, 0.1) is 0 Å². The van der Waals surface area contributed by atoms with Gasteiger partial charge in [0.15, 0.2) is 5.58 Å². The molecule has 5 nitrogen and oxygen atoms in total. The Labute approximate surface area is 418 Å². The summed E-state index contributed by atoms with van der Waals surface area (Å²) in [5.74, 6) is 0. The van der Waals surface area contributed by atoms with E-state index in [0.29, 0.717) is 0 Å². The number of hydrogen-bond donors (Lipinski definition) is 0. The van der Waals surface area contributed by atoms with Gasteiger partial charge in [0.1, 0.15) is 16.7 Å². The maximum absolute atomic E-state index is 7.06. The number of anilines is 5. The summed E-state index contributed by atoms with van der Waals surface area (Å²) in [6.45, 7) is 13.4. The highest BCUT2D eigenvalue weighted by atomic mass is 16.3. The van der Waals surface area contributed by atoms with Gasteiger partial charge < -0.3 is 23.1 Å². The van der Waals surface area contributed by atoms with Crippen LogP contribution in [0.4, 0.5) is 28.4 Å². The molecule has 6 heteroatoms. The zero-order valence-electron chi connectivity index (χ0n) is 41.2. The summed E-state index contributed by atoms with van der Waals surface area (Å²) in [5.41, 5.74) is 19.8. The molecule has 0 radical (unpaired) electrons. The number of rotatable bonds is 4. The van der Waals surface area contributed by atoms with Crippen molar-refractivity contribution in [3.05, 3.63) is 205 Å². The zero-order chi connectivity index (χ0) is 48.4. The lowest BCUT2D eigenvalue weighted by Gasteiger charge is -2.42. The Hall–Kier alpha value is -8.48. The SMILES string of the molecule is CC(C)(C)c1ccc(N(c2ccc(C(C)(C)C)cc2)c2ccc3c(c2)N(c2cccc4c2oc2ccccc24)B2c4c-3cc3oc5ccccc5c3c4-n3c4ccc5ccccc5c4c4cccc2c43)cc1. The Bertz CT molecular complexity index is 4370. The molecule has 0 unspecified atom stereocenters. The van der Waals surface area contributed by atoms with Crippen molar-refractivity contribution in [3.63, 3.8) is 0 Å². The maximum atomic E-state index is 7.06. The van der Waals surface area contributed by atoms with Crippen LogP contribution in [0.5, 0.6) is 0 Å². The Balaban J connectivity index is 1.08. The fourth-order valence-electron chi connectivity index (χ4n) is 12.4. The highest BCUT2D eigenvalue weighted by Crippen LogP contribution is 2.52. The van der Waals surface area contributed by atoms with E-state index in [1.807, 2.05) is 0 Å². The van der Waals surface area contributed by atoms with E-state index in [1.54, 1.807) is 0 Å². The van der Waals surface area contributed by atoms with Gasteiger partial charge in [-0.15, -0.1) is 0 Å². The van der Waals surface area contributed by atoms with E-state index >= 15 is 0 Å². The first-order chi connectivity index (χ1) is 35.0. The Morgan fingerprint density at radius 2 is 1.06 bits per heavy atom. The largest absolute Gasteiger partial charge is 0.456 e. The van der Waals surface area contributed by atoms with Crippen LogP contribution in [0.15, 0.2) is 203 Å². The minimum atomic E-state index is -0.257. The Morgan fingerprint density at radius 3 is 1.78 bits per heavy atom. The number of benzene rings is 10. The summed E-state index contributed by atoms with van der Waals surface area (Å²) in [5, 5.41) is 9.41. The standard InChI is InChI=1S/C66H50BN3O2/c1-65(2,3)40-26-30-42(31-27-40)68(43-32-28-41(29-33-43)66(4,5)6)44-34-35-46-51-38-58-60(49-18-10-12-24-57(49)71-58)63-61(51)67(70(55(46)37-44)54-22-14-19-48-47-17-9-11-23-56(47)72-64(48)54)52-21-13-20-50-59-45-16-8-7-15-39(45)25-36-53(59)69(63)62(50)52/h7-38H,1-6H3. The predicted molar refractivity (Wildman–Crippen MR) is 304 cm³/mol. The fourth-order valence-corrected chi connectivity index (χ4v) is 12.4. The van der Waals surface area contributed by atoms with Gasteiger partial charge in [-0.2, -0.15) is 0 Å². The van der Waals surface area contributed by atoms with Crippen LogP contribution in [0.25, 0.3) is 93.3 Å². The van der Waals surface area contributed by atoms with E-state index in [-0.39, 0.29) is 17.7 Å². The molecule has 72 heavy (non-hydrogen) atoms. The molecule has 0 bridgehead atoms. The predicted octanol–water partition coefficient (Wildman–Crippen LogP) is 17.0. The molecule has 3 aromatic heterocycles. The van der Waals surface area contributed by atoms with Crippen molar-refractivity contribution >= 4 is 123 Å². The normalized spacial score (nSPS) is 13.4. The molecule has 10 aromatic carbocycles. The quantitative estimate of drug-likeness (QED) is 0.165. The van der Waals surface area contributed by atoms with Crippen LogP contribution in [-0.2, 0) is 10.8 Å². The molecular weight excluding hydrogens is 878 g/mol. The van der Waals surface area contributed by atoms with Crippen molar-refractivity contribution in [2.75, 3.05) is 9.71 Å². The van der Waals surface area contributed by atoms with Crippen LogP contribution in [0.3, 0.4) is 0 Å². The molecule has 0 aliphatic carbocycles. The molecule has 2 aliphatic rings. The number of para-hydroxylation sites is 4. The molecule has 344 valence electrons. The number of nitrogens with zero attached hydrogens (tertiary/aromatic N) is 3. The van der Waals surface area contributed by atoms with Crippen LogP contribution in [-0.4, -0.2) is 11.4 Å². The molecule has 2 aliphatic heterocycles. The van der Waals surface area contributed by atoms with E-state index in [9.17, 15) is 0 Å². The first-order valence-corrected chi connectivity index (χ1v) is 25.3. The molecule has 0 atom stereocenters. The maximum Gasteiger partial charge on any atom is 0.333 e. The second-order valence-corrected chi connectivity index (χ2v) is 22.1. The average molecular weight is 928 g/mol. The van der Waals surface area contributed by atoms with E-state index in [1.165, 1.54) is 60.3 Å². The van der Waals surface area contributed by atoms with E-state index in [2.05, 4.69) is 250 Å². The first kappa shape index (κ1) is 41.3. The summed E-state index contributed by atoms with van der Waals surface area (Å²) in [7, 11) is 0. The van der Waals surface area contributed by atoms with Crippen molar-refractivity contribution in [2.45, 2.75) is 52.4 Å². The Kier molecular flexibility index (Phi) is 8.35. The summed E-state index contributed by atoms with van der Waals surface area (Å²) in [6.07, 6.45) is 0. The number of aromatic nitrogens is 1. The van der Waals surface area contributed by atoms with Gasteiger partial charge in [-0.05, 0) is 116 Å². The van der Waals surface area contributed by atoms with Crippen molar-refractivity contribution in [2.24, 2.45) is 0 Å². The van der Waals surface area contributed by atoms with Crippen LogP contribution in [0.2, 0.25) is 0 Å². The minimum absolute atomic E-state index is 0.0148. The molecule has 0 amide bonds. The highest BCUT2D eigenvalue weighted by Gasteiger charge is 2.46. The van der Waals surface area contributed by atoms with Crippen molar-refractivity contribution < 1.29 is 8.83 Å². The third-order valence-electron chi connectivity index (χ3n) is 15.9. The van der Waals surface area contributed by atoms with Crippen molar-refractivity contribution in [1.82, 2.24) is 4.57 Å². The van der Waals surface area contributed by atoms with Gasteiger partial charge >= 0.3 is 6.85 Å². The van der Waals surface area contributed by atoms with Crippen LogP contribution < -0.4 is 20.6 Å². The molecule has 0 saturated heterocycles. The second kappa shape index (κ2) is 14.6.